The molecule has 0 bridgehead atoms. The lowest BCUT2D eigenvalue weighted by Crippen LogP contribution is -2.46. The smallest absolute Gasteiger partial charge is 0.222 e. The molecule has 3 heteroatoms. The van der Waals surface area contributed by atoms with Gasteiger partial charge in [-0.25, -0.2) is 0 Å². The fourth-order valence-electron chi connectivity index (χ4n) is 2.86. The second-order valence-corrected chi connectivity index (χ2v) is 6.51. The van der Waals surface area contributed by atoms with Crippen LogP contribution in [0.2, 0.25) is 0 Å². The van der Waals surface area contributed by atoms with Crippen LogP contribution in [0.15, 0.2) is 30.3 Å². The molecule has 3 unspecified atom stereocenters. The van der Waals surface area contributed by atoms with Gasteiger partial charge < -0.3 is 10.0 Å². The van der Waals surface area contributed by atoms with E-state index in [1.54, 1.807) is 0 Å². The summed E-state index contributed by atoms with van der Waals surface area (Å²) in [5.74, 6) is 0.889. The Morgan fingerprint density at radius 3 is 2.76 bits per heavy atom. The van der Waals surface area contributed by atoms with Crippen LogP contribution in [0.25, 0.3) is 0 Å². The van der Waals surface area contributed by atoms with Crippen LogP contribution in [0.1, 0.15) is 38.7 Å². The predicted octanol–water partition coefficient (Wildman–Crippen LogP) is 2.87. The van der Waals surface area contributed by atoms with E-state index in [4.69, 9.17) is 0 Å². The molecular formula is C18H27NO2. The number of β-amino-alcohol motifs (C(OH)–C–C–N with tert-alkyl or cyclic N) is 1. The Hall–Kier alpha value is -1.35. The lowest BCUT2D eigenvalue weighted by atomic mass is 9.94. The maximum Gasteiger partial charge on any atom is 0.222 e. The molecule has 1 fully saturated rings. The van der Waals surface area contributed by atoms with E-state index in [-0.39, 0.29) is 12.0 Å². The van der Waals surface area contributed by atoms with Crippen LogP contribution in [-0.4, -0.2) is 35.1 Å². The van der Waals surface area contributed by atoms with Crippen molar-refractivity contribution in [2.45, 2.75) is 45.6 Å². The summed E-state index contributed by atoms with van der Waals surface area (Å²) in [5.41, 5.74) is 1.33. The van der Waals surface area contributed by atoms with Crippen LogP contribution in [-0.2, 0) is 11.2 Å². The van der Waals surface area contributed by atoms with E-state index in [0.29, 0.717) is 24.8 Å². The maximum atomic E-state index is 12.3. The van der Waals surface area contributed by atoms with Crippen molar-refractivity contribution in [1.82, 2.24) is 4.90 Å². The van der Waals surface area contributed by atoms with Gasteiger partial charge in [0.2, 0.25) is 5.91 Å². The number of piperidine rings is 1. The van der Waals surface area contributed by atoms with Gasteiger partial charge in [0.05, 0.1) is 6.10 Å². The largest absolute Gasteiger partial charge is 0.391 e. The molecular weight excluding hydrogens is 262 g/mol. The molecule has 0 radical (unpaired) electrons. The molecule has 3 nitrogen and oxygen atoms in total. The number of aliphatic hydroxyl groups excluding tert-OH is 1. The minimum absolute atomic E-state index is 0.196. The maximum absolute atomic E-state index is 12.3. The Morgan fingerprint density at radius 1 is 1.38 bits per heavy atom. The number of hydrogen-bond donors (Lipinski definition) is 1. The van der Waals surface area contributed by atoms with Gasteiger partial charge in [0.15, 0.2) is 0 Å². The topological polar surface area (TPSA) is 40.5 Å². The van der Waals surface area contributed by atoms with Gasteiger partial charge in [-0.15, -0.1) is 0 Å². The highest BCUT2D eigenvalue weighted by Gasteiger charge is 2.27. The predicted molar refractivity (Wildman–Crippen MR) is 84.9 cm³/mol. The number of nitrogens with zero attached hydrogens (tertiary/aromatic N) is 1. The standard InChI is InChI=1S/C18H27NO2/c1-14(8-9-16-6-4-3-5-7-16)12-18(21)19-11-10-15(2)17(20)13-19/h3-7,14-15,17,20H,8-13H2,1-2H3. The summed E-state index contributed by atoms with van der Waals surface area (Å²) in [6.45, 7) is 5.49. The van der Waals surface area contributed by atoms with Gasteiger partial charge in [-0.2, -0.15) is 0 Å². The first-order chi connectivity index (χ1) is 10.1. The summed E-state index contributed by atoms with van der Waals surface area (Å²) < 4.78 is 0. The third-order valence-electron chi connectivity index (χ3n) is 4.56. The molecule has 0 aliphatic carbocycles. The summed E-state index contributed by atoms with van der Waals surface area (Å²) in [6, 6.07) is 10.4. The molecule has 3 atom stereocenters. The van der Waals surface area contributed by atoms with E-state index in [9.17, 15) is 9.90 Å². The first-order valence-corrected chi connectivity index (χ1v) is 8.06. The number of likely N-dealkylation sites (tertiary alicyclic amines) is 1. The summed E-state index contributed by atoms with van der Waals surface area (Å²) in [4.78, 5) is 14.1. The number of benzene rings is 1. The van der Waals surface area contributed by atoms with Crippen LogP contribution >= 0.6 is 0 Å². The Labute approximate surface area is 128 Å². The molecule has 1 heterocycles. The van der Waals surface area contributed by atoms with Crippen LogP contribution in [0.5, 0.6) is 0 Å². The second kappa shape index (κ2) is 7.60. The fraction of sp³-hybridized carbons (Fsp3) is 0.611. The van der Waals surface area contributed by atoms with Crippen molar-refractivity contribution in [2.24, 2.45) is 11.8 Å². The van der Waals surface area contributed by atoms with E-state index in [1.807, 2.05) is 11.0 Å². The molecule has 1 aliphatic rings. The average Bonchev–Trinajstić information content (AvgIpc) is 2.49. The van der Waals surface area contributed by atoms with Crippen molar-refractivity contribution >= 4 is 5.91 Å². The minimum Gasteiger partial charge on any atom is -0.391 e. The molecule has 1 aromatic carbocycles. The first kappa shape index (κ1) is 16.0. The number of rotatable bonds is 5. The van der Waals surface area contributed by atoms with Gasteiger partial charge in [0, 0.05) is 19.5 Å². The van der Waals surface area contributed by atoms with Gasteiger partial charge in [0.25, 0.3) is 0 Å². The molecule has 1 amide bonds. The normalized spacial score (nSPS) is 23.9. The first-order valence-electron chi connectivity index (χ1n) is 8.06. The van der Waals surface area contributed by atoms with E-state index >= 15 is 0 Å². The van der Waals surface area contributed by atoms with Crippen molar-refractivity contribution in [3.05, 3.63) is 35.9 Å². The zero-order valence-corrected chi connectivity index (χ0v) is 13.2. The highest BCUT2D eigenvalue weighted by atomic mass is 16.3. The van der Waals surface area contributed by atoms with Crippen molar-refractivity contribution in [3.8, 4) is 0 Å². The van der Waals surface area contributed by atoms with Gasteiger partial charge >= 0.3 is 0 Å². The number of carbonyl (C=O) groups excluding carboxylic acids is 1. The number of carbonyl (C=O) groups is 1. The minimum atomic E-state index is -0.359. The van der Waals surface area contributed by atoms with E-state index in [1.165, 1.54) is 5.56 Å². The van der Waals surface area contributed by atoms with Gasteiger partial charge in [0.1, 0.15) is 0 Å². The third-order valence-corrected chi connectivity index (χ3v) is 4.56. The van der Waals surface area contributed by atoms with Gasteiger partial charge in [-0.3, -0.25) is 4.79 Å². The SMILES string of the molecule is CC(CCc1ccccc1)CC(=O)N1CCC(C)C(O)C1. The van der Waals surface area contributed by atoms with Crippen molar-refractivity contribution < 1.29 is 9.90 Å². The number of hydrogen-bond acceptors (Lipinski definition) is 2. The molecule has 0 saturated carbocycles. The number of amides is 1. The Morgan fingerprint density at radius 2 is 2.10 bits per heavy atom. The molecule has 0 aromatic heterocycles. The number of aliphatic hydroxyl groups is 1. The van der Waals surface area contributed by atoms with Crippen LogP contribution in [0.3, 0.4) is 0 Å². The third kappa shape index (κ3) is 4.85. The molecule has 1 aromatic rings. The second-order valence-electron chi connectivity index (χ2n) is 6.51. The molecule has 116 valence electrons. The number of aryl methyl sites for hydroxylation is 1. The van der Waals surface area contributed by atoms with E-state index in [0.717, 1.165) is 25.8 Å². The Kier molecular flexibility index (Phi) is 5.80. The lowest BCUT2D eigenvalue weighted by molar-refractivity contribution is -0.136. The zero-order valence-electron chi connectivity index (χ0n) is 13.2. The van der Waals surface area contributed by atoms with Gasteiger partial charge in [-0.1, -0.05) is 44.2 Å². The van der Waals surface area contributed by atoms with Gasteiger partial charge in [-0.05, 0) is 36.7 Å². The molecule has 1 N–H and O–H groups in total. The highest BCUT2D eigenvalue weighted by molar-refractivity contribution is 5.76. The Balaban J connectivity index is 1.74. The van der Waals surface area contributed by atoms with Crippen molar-refractivity contribution in [2.75, 3.05) is 13.1 Å². The molecule has 21 heavy (non-hydrogen) atoms. The average molecular weight is 289 g/mol. The van der Waals surface area contributed by atoms with Crippen molar-refractivity contribution in [3.63, 3.8) is 0 Å². The van der Waals surface area contributed by atoms with Crippen LogP contribution in [0, 0.1) is 11.8 Å². The summed E-state index contributed by atoms with van der Waals surface area (Å²) in [6.07, 6.45) is 3.19. The molecule has 1 aliphatic heterocycles. The monoisotopic (exact) mass is 289 g/mol. The quantitative estimate of drug-likeness (QED) is 0.905. The molecule has 0 spiro atoms. The molecule has 1 saturated heterocycles. The lowest BCUT2D eigenvalue weighted by Gasteiger charge is -2.34. The highest BCUT2D eigenvalue weighted by Crippen LogP contribution is 2.20. The van der Waals surface area contributed by atoms with Crippen LogP contribution < -0.4 is 0 Å². The fourth-order valence-corrected chi connectivity index (χ4v) is 2.86. The van der Waals surface area contributed by atoms with E-state index < -0.39 is 0 Å². The van der Waals surface area contributed by atoms with Crippen molar-refractivity contribution in [1.29, 1.82) is 0 Å². The summed E-state index contributed by atoms with van der Waals surface area (Å²) >= 11 is 0. The zero-order chi connectivity index (χ0) is 15.2. The summed E-state index contributed by atoms with van der Waals surface area (Å²) in [7, 11) is 0. The van der Waals surface area contributed by atoms with Crippen LogP contribution in [0.4, 0.5) is 0 Å². The van der Waals surface area contributed by atoms with E-state index in [2.05, 4.69) is 38.1 Å². The molecule has 2 rings (SSSR count). The Bertz CT molecular complexity index is 446. The summed E-state index contributed by atoms with van der Waals surface area (Å²) in [5, 5.41) is 9.89.